The van der Waals surface area contributed by atoms with Crippen LogP contribution in [-0.4, -0.2) is 15.9 Å². The molecular formula is C13H17BrN4O2. The number of nitrogens with one attached hydrogen (secondary N) is 2. The number of rotatable bonds is 5. The van der Waals surface area contributed by atoms with Crippen molar-refractivity contribution in [1.82, 2.24) is 9.97 Å². The highest BCUT2D eigenvalue weighted by molar-refractivity contribution is 9.10. The van der Waals surface area contributed by atoms with Gasteiger partial charge in [0.2, 0.25) is 5.91 Å². The van der Waals surface area contributed by atoms with E-state index in [0.717, 1.165) is 15.6 Å². The number of aromatic amines is 2. The summed E-state index contributed by atoms with van der Waals surface area (Å²) in [6, 6.07) is 3.43. The van der Waals surface area contributed by atoms with Gasteiger partial charge in [-0.15, -0.1) is 0 Å². The van der Waals surface area contributed by atoms with Gasteiger partial charge in [0.05, 0.1) is 11.0 Å². The minimum Gasteiger partial charge on any atom is -0.370 e. The van der Waals surface area contributed by atoms with Crippen LogP contribution in [0, 0.1) is 5.92 Å². The zero-order chi connectivity index (χ0) is 14.9. The second-order valence-electron chi connectivity index (χ2n) is 5.12. The van der Waals surface area contributed by atoms with Gasteiger partial charge < -0.3 is 21.4 Å². The number of benzene rings is 1. The van der Waals surface area contributed by atoms with Gasteiger partial charge >= 0.3 is 5.69 Å². The second-order valence-corrected chi connectivity index (χ2v) is 5.97. The molecule has 2 unspecified atom stereocenters. The Bertz CT molecular complexity index is 691. The molecule has 0 aliphatic heterocycles. The molecule has 0 saturated carbocycles. The van der Waals surface area contributed by atoms with Gasteiger partial charge in [0.15, 0.2) is 0 Å². The summed E-state index contributed by atoms with van der Waals surface area (Å²) in [6.07, 6.45) is 0.955. The summed E-state index contributed by atoms with van der Waals surface area (Å²) in [5, 5.41) is 0. The normalized spacial score (nSPS) is 14.3. The Kier molecular flexibility index (Phi) is 4.29. The molecule has 20 heavy (non-hydrogen) atoms. The molecule has 0 bridgehead atoms. The third kappa shape index (κ3) is 3.29. The number of nitrogens with two attached hydrogens (primary N) is 2. The number of hydrogen-bond acceptors (Lipinski definition) is 3. The molecule has 0 aliphatic rings. The first kappa shape index (κ1) is 14.8. The van der Waals surface area contributed by atoms with Gasteiger partial charge in [0.1, 0.15) is 0 Å². The van der Waals surface area contributed by atoms with E-state index < -0.39 is 0 Å². The van der Waals surface area contributed by atoms with Gasteiger partial charge in [-0.1, -0.05) is 22.9 Å². The van der Waals surface area contributed by atoms with Crippen molar-refractivity contribution in [3.05, 3.63) is 32.7 Å². The maximum absolute atomic E-state index is 11.3. The van der Waals surface area contributed by atoms with Crippen molar-refractivity contribution >= 4 is 32.9 Å². The number of hydrogen-bond donors (Lipinski definition) is 4. The summed E-state index contributed by atoms with van der Waals surface area (Å²) in [5.74, 6) is -0.218. The molecule has 1 aromatic carbocycles. The highest BCUT2D eigenvalue weighted by atomic mass is 79.9. The lowest BCUT2D eigenvalue weighted by Gasteiger charge is -2.18. The standard InChI is InChI=1S/C13H17BrN4O2/c1-6(3-12(16)19)2-9(15)7-4-10-11(5-8(7)14)18-13(20)17-10/h4-6,9H,2-3,15H2,1H3,(H2,16,19)(H2,17,18,20). The van der Waals surface area contributed by atoms with Crippen LogP contribution < -0.4 is 17.2 Å². The third-order valence-corrected chi connectivity index (χ3v) is 3.93. The average Bonchev–Trinajstić information content (AvgIpc) is 2.65. The fourth-order valence-electron chi connectivity index (χ4n) is 2.34. The lowest BCUT2D eigenvalue weighted by molar-refractivity contribution is -0.118. The van der Waals surface area contributed by atoms with Crippen molar-refractivity contribution in [2.45, 2.75) is 25.8 Å². The maximum Gasteiger partial charge on any atom is 0.323 e. The van der Waals surface area contributed by atoms with Crippen LogP contribution in [0.2, 0.25) is 0 Å². The molecule has 0 saturated heterocycles. The van der Waals surface area contributed by atoms with Crippen LogP contribution in [0.15, 0.2) is 21.4 Å². The lowest BCUT2D eigenvalue weighted by atomic mass is 9.94. The Labute approximate surface area is 124 Å². The summed E-state index contributed by atoms with van der Waals surface area (Å²) < 4.78 is 0.832. The molecule has 0 spiro atoms. The first-order valence-corrected chi connectivity index (χ1v) is 7.11. The molecule has 0 radical (unpaired) electrons. The van der Waals surface area contributed by atoms with E-state index in [1.807, 2.05) is 19.1 Å². The van der Waals surface area contributed by atoms with Gasteiger partial charge in [-0.2, -0.15) is 0 Å². The highest BCUT2D eigenvalue weighted by Crippen LogP contribution is 2.29. The van der Waals surface area contributed by atoms with E-state index in [1.165, 1.54) is 0 Å². The van der Waals surface area contributed by atoms with E-state index in [-0.39, 0.29) is 23.6 Å². The van der Waals surface area contributed by atoms with Crippen LogP contribution in [-0.2, 0) is 4.79 Å². The van der Waals surface area contributed by atoms with Crippen LogP contribution in [0.4, 0.5) is 0 Å². The van der Waals surface area contributed by atoms with Gasteiger partial charge in [-0.05, 0) is 30.0 Å². The number of primary amides is 1. The summed E-state index contributed by atoms with van der Waals surface area (Å²) in [6.45, 7) is 1.94. The van der Waals surface area contributed by atoms with E-state index in [4.69, 9.17) is 11.5 Å². The minimum absolute atomic E-state index is 0.107. The molecule has 108 valence electrons. The zero-order valence-electron chi connectivity index (χ0n) is 11.1. The van der Waals surface area contributed by atoms with Crippen molar-refractivity contribution in [1.29, 1.82) is 0 Å². The Balaban J connectivity index is 2.24. The molecule has 0 aliphatic carbocycles. The molecule has 1 aromatic heterocycles. The van der Waals surface area contributed by atoms with E-state index in [9.17, 15) is 9.59 Å². The fourth-order valence-corrected chi connectivity index (χ4v) is 2.98. The SMILES string of the molecule is CC(CC(N)=O)CC(N)c1cc2[nH]c(=O)[nH]c2cc1Br. The van der Waals surface area contributed by atoms with Crippen LogP contribution >= 0.6 is 15.9 Å². The monoisotopic (exact) mass is 340 g/mol. The smallest absolute Gasteiger partial charge is 0.323 e. The molecule has 2 rings (SSSR count). The Hall–Kier alpha value is -1.60. The highest BCUT2D eigenvalue weighted by Gasteiger charge is 2.16. The first-order valence-electron chi connectivity index (χ1n) is 6.32. The first-order chi connectivity index (χ1) is 9.36. The van der Waals surface area contributed by atoms with Crippen molar-refractivity contribution in [2.24, 2.45) is 17.4 Å². The lowest BCUT2D eigenvalue weighted by Crippen LogP contribution is -2.19. The molecule has 6 nitrogen and oxygen atoms in total. The quantitative estimate of drug-likeness (QED) is 0.660. The third-order valence-electron chi connectivity index (χ3n) is 3.24. The molecule has 2 aromatic rings. The van der Waals surface area contributed by atoms with E-state index in [1.54, 1.807) is 0 Å². The molecule has 0 fully saturated rings. The van der Waals surface area contributed by atoms with Gasteiger partial charge in [-0.3, -0.25) is 4.79 Å². The van der Waals surface area contributed by atoms with Crippen molar-refractivity contribution < 1.29 is 4.79 Å². The van der Waals surface area contributed by atoms with Crippen LogP contribution in [0.25, 0.3) is 11.0 Å². The number of carbonyl (C=O) groups is 1. The van der Waals surface area contributed by atoms with Crippen molar-refractivity contribution in [3.8, 4) is 0 Å². The van der Waals surface area contributed by atoms with Crippen LogP contribution in [0.1, 0.15) is 31.4 Å². The molecule has 2 atom stereocenters. The summed E-state index contributed by atoms with van der Waals surface area (Å²) in [7, 11) is 0. The summed E-state index contributed by atoms with van der Waals surface area (Å²) in [4.78, 5) is 27.6. The van der Waals surface area contributed by atoms with Gasteiger partial charge in [0, 0.05) is 16.9 Å². The summed E-state index contributed by atoms with van der Waals surface area (Å²) in [5.41, 5.74) is 13.4. The molecular weight excluding hydrogens is 324 g/mol. The Morgan fingerprint density at radius 2 is 1.95 bits per heavy atom. The number of amides is 1. The Morgan fingerprint density at radius 3 is 2.55 bits per heavy atom. The second kappa shape index (κ2) is 5.80. The van der Waals surface area contributed by atoms with Gasteiger partial charge in [-0.25, -0.2) is 4.79 Å². The van der Waals surface area contributed by atoms with Crippen molar-refractivity contribution in [3.63, 3.8) is 0 Å². The maximum atomic E-state index is 11.3. The number of halogens is 1. The topological polar surface area (TPSA) is 118 Å². The number of H-pyrrole nitrogens is 2. The van der Waals surface area contributed by atoms with Gasteiger partial charge in [0.25, 0.3) is 0 Å². The molecule has 1 amide bonds. The number of aromatic nitrogens is 2. The minimum atomic E-state index is -0.325. The molecule has 6 N–H and O–H groups in total. The number of fused-ring (bicyclic) bond motifs is 1. The number of imidazole rings is 1. The molecule has 7 heteroatoms. The predicted molar refractivity (Wildman–Crippen MR) is 81.1 cm³/mol. The predicted octanol–water partition coefficient (Wildman–Crippen LogP) is 1.52. The number of carbonyl (C=O) groups excluding carboxylic acids is 1. The van der Waals surface area contributed by atoms with Crippen LogP contribution in [0.5, 0.6) is 0 Å². The largest absolute Gasteiger partial charge is 0.370 e. The summed E-state index contributed by atoms with van der Waals surface area (Å²) >= 11 is 3.46. The van der Waals surface area contributed by atoms with E-state index in [2.05, 4.69) is 25.9 Å². The molecule has 1 heterocycles. The Morgan fingerprint density at radius 1 is 1.35 bits per heavy atom. The zero-order valence-corrected chi connectivity index (χ0v) is 12.7. The average molecular weight is 341 g/mol. The fraction of sp³-hybridized carbons (Fsp3) is 0.385. The van der Waals surface area contributed by atoms with E-state index >= 15 is 0 Å². The van der Waals surface area contributed by atoms with Crippen molar-refractivity contribution in [2.75, 3.05) is 0 Å². The van der Waals surface area contributed by atoms with Crippen LogP contribution in [0.3, 0.4) is 0 Å². The van der Waals surface area contributed by atoms with E-state index in [0.29, 0.717) is 18.4 Å².